The van der Waals surface area contributed by atoms with E-state index in [1.54, 1.807) is 6.20 Å². The zero-order valence-corrected chi connectivity index (χ0v) is 13.0. The SMILES string of the molecule is Cc1cccnc1CN=C(N)Nc1ccccc1.I. The third kappa shape index (κ3) is 4.86. The van der Waals surface area contributed by atoms with Gasteiger partial charge in [-0.25, -0.2) is 4.99 Å². The van der Waals surface area contributed by atoms with Gasteiger partial charge in [0.25, 0.3) is 0 Å². The number of nitrogens with one attached hydrogen (secondary N) is 1. The molecule has 1 aromatic heterocycles. The highest BCUT2D eigenvalue weighted by Crippen LogP contribution is 2.06. The minimum absolute atomic E-state index is 0. The van der Waals surface area contributed by atoms with E-state index >= 15 is 0 Å². The molecule has 0 amide bonds. The average Bonchev–Trinajstić information content (AvgIpc) is 2.39. The van der Waals surface area contributed by atoms with Gasteiger partial charge in [0.15, 0.2) is 5.96 Å². The molecule has 0 bridgehead atoms. The summed E-state index contributed by atoms with van der Waals surface area (Å²) in [5.41, 5.74) is 8.80. The number of benzene rings is 1. The van der Waals surface area contributed by atoms with Crippen LogP contribution in [0.1, 0.15) is 11.3 Å². The molecule has 4 nitrogen and oxygen atoms in total. The Morgan fingerprint density at radius 3 is 2.63 bits per heavy atom. The fourth-order valence-electron chi connectivity index (χ4n) is 1.55. The lowest BCUT2D eigenvalue weighted by molar-refractivity contribution is 0.964. The number of halogens is 1. The maximum atomic E-state index is 5.81. The number of anilines is 1. The summed E-state index contributed by atoms with van der Waals surface area (Å²) in [6.45, 7) is 2.50. The van der Waals surface area contributed by atoms with Gasteiger partial charge in [-0.05, 0) is 30.7 Å². The molecule has 0 radical (unpaired) electrons. The highest BCUT2D eigenvalue weighted by Gasteiger charge is 1.98. The summed E-state index contributed by atoms with van der Waals surface area (Å²) in [5, 5.41) is 3.03. The molecule has 0 fully saturated rings. The largest absolute Gasteiger partial charge is 0.370 e. The number of hydrogen-bond acceptors (Lipinski definition) is 2. The van der Waals surface area contributed by atoms with Gasteiger partial charge >= 0.3 is 0 Å². The molecule has 5 heteroatoms. The summed E-state index contributed by atoms with van der Waals surface area (Å²) in [6.07, 6.45) is 1.76. The van der Waals surface area contributed by atoms with Crippen molar-refractivity contribution in [3.05, 3.63) is 59.9 Å². The van der Waals surface area contributed by atoms with Crippen LogP contribution in [0.3, 0.4) is 0 Å². The van der Waals surface area contributed by atoms with Gasteiger partial charge in [0.2, 0.25) is 0 Å². The van der Waals surface area contributed by atoms with Crippen LogP contribution in [-0.4, -0.2) is 10.9 Å². The molecule has 100 valence electrons. The topological polar surface area (TPSA) is 63.3 Å². The molecule has 2 aromatic rings. The standard InChI is InChI=1S/C14H16N4.HI/c1-11-6-5-9-16-13(11)10-17-14(15)18-12-7-3-2-4-8-12;/h2-9H,10H2,1H3,(H3,15,17,18);1H. The van der Waals surface area contributed by atoms with E-state index in [1.807, 2.05) is 49.4 Å². The predicted molar refractivity (Wildman–Crippen MR) is 89.8 cm³/mol. The number of nitrogens with two attached hydrogens (primary N) is 1. The lowest BCUT2D eigenvalue weighted by Crippen LogP contribution is -2.22. The summed E-state index contributed by atoms with van der Waals surface area (Å²) in [6, 6.07) is 13.6. The summed E-state index contributed by atoms with van der Waals surface area (Å²) < 4.78 is 0. The Bertz CT molecular complexity index is 540. The molecule has 0 saturated carbocycles. The Balaban J connectivity index is 0.00000180. The Labute approximate surface area is 130 Å². The molecule has 0 aliphatic heterocycles. The molecule has 19 heavy (non-hydrogen) atoms. The predicted octanol–water partition coefficient (Wildman–Crippen LogP) is 2.93. The molecule has 0 aliphatic carbocycles. The van der Waals surface area contributed by atoms with Crippen LogP contribution in [-0.2, 0) is 6.54 Å². The van der Waals surface area contributed by atoms with Crippen LogP contribution in [0.4, 0.5) is 5.69 Å². The third-order valence-corrected chi connectivity index (χ3v) is 2.56. The van der Waals surface area contributed by atoms with Gasteiger partial charge < -0.3 is 11.1 Å². The van der Waals surface area contributed by atoms with Crippen molar-refractivity contribution < 1.29 is 0 Å². The first-order chi connectivity index (χ1) is 8.75. The number of aromatic nitrogens is 1. The normalized spacial score (nSPS) is 10.7. The van der Waals surface area contributed by atoms with E-state index in [9.17, 15) is 0 Å². The van der Waals surface area contributed by atoms with Gasteiger partial charge in [0, 0.05) is 11.9 Å². The minimum atomic E-state index is 0. The van der Waals surface area contributed by atoms with E-state index < -0.39 is 0 Å². The van der Waals surface area contributed by atoms with Gasteiger partial charge in [0.05, 0.1) is 12.2 Å². The number of para-hydroxylation sites is 1. The summed E-state index contributed by atoms with van der Waals surface area (Å²) in [4.78, 5) is 8.54. The first-order valence-corrected chi connectivity index (χ1v) is 5.78. The van der Waals surface area contributed by atoms with Crippen molar-refractivity contribution in [1.82, 2.24) is 4.98 Å². The maximum Gasteiger partial charge on any atom is 0.193 e. The zero-order valence-electron chi connectivity index (χ0n) is 10.7. The zero-order chi connectivity index (χ0) is 12.8. The second-order valence-corrected chi connectivity index (χ2v) is 3.96. The van der Waals surface area contributed by atoms with E-state index in [-0.39, 0.29) is 24.0 Å². The third-order valence-electron chi connectivity index (χ3n) is 2.56. The van der Waals surface area contributed by atoms with Gasteiger partial charge in [-0.2, -0.15) is 0 Å². The smallest absolute Gasteiger partial charge is 0.193 e. The summed E-state index contributed by atoms with van der Waals surface area (Å²) in [5.74, 6) is 0.395. The Morgan fingerprint density at radius 1 is 1.21 bits per heavy atom. The van der Waals surface area contributed by atoms with Crippen molar-refractivity contribution in [2.75, 3.05) is 5.32 Å². The van der Waals surface area contributed by atoms with Crippen molar-refractivity contribution in [2.24, 2.45) is 10.7 Å². The monoisotopic (exact) mass is 368 g/mol. The van der Waals surface area contributed by atoms with E-state index in [2.05, 4.69) is 15.3 Å². The molecular formula is C14H17IN4. The number of guanidine groups is 1. The van der Waals surface area contributed by atoms with Crippen LogP contribution >= 0.6 is 24.0 Å². The second-order valence-electron chi connectivity index (χ2n) is 3.96. The van der Waals surface area contributed by atoms with Gasteiger partial charge in [-0.15, -0.1) is 24.0 Å². The van der Waals surface area contributed by atoms with E-state index in [0.717, 1.165) is 16.9 Å². The van der Waals surface area contributed by atoms with Crippen molar-refractivity contribution >= 4 is 35.6 Å². The number of nitrogens with zero attached hydrogens (tertiary/aromatic N) is 2. The fraction of sp³-hybridized carbons (Fsp3) is 0.143. The van der Waals surface area contributed by atoms with Crippen molar-refractivity contribution in [3.63, 3.8) is 0 Å². The van der Waals surface area contributed by atoms with Gasteiger partial charge in [-0.3, -0.25) is 4.98 Å². The number of rotatable bonds is 3. The molecule has 0 saturated heterocycles. The quantitative estimate of drug-likeness (QED) is 0.498. The van der Waals surface area contributed by atoms with E-state index in [1.165, 1.54) is 0 Å². The second kappa shape index (κ2) is 7.73. The molecule has 0 aliphatic rings. The van der Waals surface area contributed by atoms with Crippen LogP contribution in [0, 0.1) is 6.92 Å². The molecule has 0 atom stereocenters. The van der Waals surface area contributed by atoms with Crippen LogP contribution < -0.4 is 11.1 Å². The van der Waals surface area contributed by atoms with Crippen molar-refractivity contribution in [3.8, 4) is 0 Å². The molecule has 1 aromatic carbocycles. The Hall–Kier alpha value is -1.63. The Kier molecular flexibility index (Phi) is 6.27. The van der Waals surface area contributed by atoms with E-state index in [4.69, 9.17) is 5.73 Å². The average molecular weight is 368 g/mol. The van der Waals surface area contributed by atoms with Gasteiger partial charge in [-0.1, -0.05) is 24.3 Å². The first kappa shape index (κ1) is 15.4. The van der Waals surface area contributed by atoms with Gasteiger partial charge in [0.1, 0.15) is 0 Å². The first-order valence-electron chi connectivity index (χ1n) is 5.78. The number of aryl methyl sites for hydroxylation is 1. The van der Waals surface area contributed by atoms with Crippen LogP contribution in [0.2, 0.25) is 0 Å². The molecular weight excluding hydrogens is 351 g/mol. The molecule has 2 rings (SSSR count). The molecule has 0 unspecified atom stereocenters. The highest BCUT2D eigenvalue weighted by molar-refractivity contribution is 14.0. The van der Waals surface area contributed by atoms with Crippen LogP contribution in [0.5, 0.6) is 0 Å². The minimum Gasteiger partial charge on any atom is -0.370 e. The van der Waals surface area contributed by atoms with E-state index in [0.29, 0.717) is 12.5 Å². The summed E-state index contributed by atoms with van der Waals surface area (Å²) in [7, 11) is 0. The number of hydrogen-bond donors (Lipinski definition) is 2. The van der Waals surface area contributed by atoms with Crippen LogP contribution in [0.25, 0.3) is 0 Å². The van der Waals surface area contributed by atoms with Crippen molar-refractivity contribution in [2.45, 2.75) is 13.5 Å². The molecule has 3 N–H and O–H groups in total. The fourth-order valence-corrected chi connectivity index (χ4v) is 1.55. The highest BCUT2D eigenvalue weighted by atomic mass is 127. The Morgan fingerprint density at radius 2 is 1.95 bits per heavy atom. The van der Waals surface area contributed by atoms with Crippen molar-refractivity contribution in [1.29, 1.82) is 0 Å². The van der Waals surface area contributed by atoms with Crippen LogP contribution in [0.15, 0.2) is 53.7 Å². The maximum absolute atomic E-state index is 5.81. The summed E-state index contributed by atoms with van der Waals surface area (Å²) >= 11 is 0. The molecule has 0 spiro atoms. The number of pyridine rings is 1. The molecule has 1 heterocycles. The lowest BCUT2D eigenvalue weighted by Gasteiger charge is -2.05. The number of aliphatic imine (C=N–C) groups is 1. The lowest BCUT2D eigenvalue weighted by atomic mass is 10.2.